The molecule has 1 aromatic rings. The Hall–Kier alpha value is -0.800. The molecule has 0 radical (unpaired) electrons. The van der Waals surface area contributed by atoms with E-state index in [0.717, 1.165) is 32.5 Å². The van der Waals surface area contributed by atoms with Gasteiger partial charge in [0.1, 0.15) is 5.82 Å². The summed E-state index contributed by atoms with van der Waals surface area (Å²) in [6.45, 7) is 2.96. The fourth-order valence-corrected chi connectivity index (χ4v) is 2.13. The molecule has 0 aromatic heterocycles. The minimum Gasteiger partial charge on any atom is -0.382 e. The first kappa shape index (κ1) is 11.7. The van der Waals surface area contributed by atoms with E-state index in [1.54, 1.807) is 12.1 Å². The average molecular weight is 243 g/mol. The van der Waals surface area contributed by atoms with Gasteiger partial charge in [-0.2, -0.15) is 0 Å². The zero-order valence-electron chi connectivity index (χ0n) is 9.10. The molecule has 4 heteroatoms. The summed E-state index contributed by atoms with van der Waals surface area (Å²) in [5.74, 6) is 0.359. The normalized spacial score (nSPS) is 17.4. The molecule has 1 aromatic carbocycles. The van der Waals surface area contributed by atoms with Gasteiger partial charge in [-0.05, 0) is 50.0 Å². The average Bonchev–Trinajstić information content (AvgIpc) is 2.29. The van der Waals surface area contributed by atoms with E-state index in [-0.39, 0.29) is 5.82 Å². The van der Waals surface area contributed by atoms with Crippen LogP contribution in [0.4, 0.5) is 10.1 Å². The maximum absolute atomic E-state index is 13.4. The first-order chi connectivity index (χ1) is 7.75. The van der Waals surface area contributed by atoms with Crippen LogP contribution in [0, 0.1) is 11.7 Å². The van der Waals surface area contributed by atoms with Gasteiger partial charge in [0.05, 0.1) is 5.69 Å². The molecule has 2 nitrogen and oxygen atoms in total. The topological polar surface area (TPSA) is 24.1 Å². The van der Waals surface area contributed by atoms with Crippen molar-refractivity contribution in [2.75, 3.05) is 25.0 Å². The molecule has 0 atom stereocenters. The molecule has 1 aliphatic heterocycles. The number of nitrogens with one attached hydrogen (secondary N) is 2. The van der Waals surface area contributed by atoms with Crippen LogP contribution in [-0.4, -0.2) is 19.6 Å². The van der Waals surface area contributed by atoms with Gasteiger partial charge in [-0.25, -0.2) is 4.39 Å². The number of anilines is 1. The molecular weight excluding hydrogens is 227 g/mol. The van der Waals surface area contributed by atoms with Gasteiger partial charge < -0.3 is 10.6 Å². The third kappa shape index (κ3) is 3.09. The Morgan fingerprint density at radius 1 is 1.38 bits per heavy atom. The highest BCUT2D eigenvalue weighted by Crippen LogP contribution is 2.20. The Balaban J connectivity index is 1.88. The van der Waals surface area contributed by atoms with Crippen LogP contribution in [0.1, 0.15) is 12.8 Å². The van der Waals surface area contributed by atoms with Gasteiger partial charge in [0, 0.05) is 11.6 Å². The molecule has 1 saturated heterocycles. The van der Waals surface area contributed by atoms with Crippen LogP contribution in [-0.2, 0) is 0 Å². The summed E-state index contributed by atoms with van der Waals surface area (Å²) in [5, 5.41) is 6.90. The largest absolute Gasteiger partial charge is 0.382 e. The van der Waals surface area contributed by atoms with Crippen LogP contribution in [0.2, 0.25) is 5.02 Å². The summed E-state index contributed by atoms with van der Waals surface area (Å²) in [7, 11) is 0. The SMILES string of the molecule is Fc1cc(Cl)ccc1NCC1CCNCC1. The number of piperidine rings is 1. The van der Waals surface area contributed by atoms with Gasteiger partial charge in [0.15, 0.2) is 0 Å². The van der Waals surface area contributed by atoms with Crippen LogP contribution in [0.25, 0.3) is 0 Å². The smallest absolute Gasteiger partial charge is 0.147 e. The third-order valence-electron chi connectivity index (χ3n) is 2.97. The molecule has 1 fully saturated rings. The number of hydrogen-bond acceptors (Lipinski definition) is 2. The van der Waals surface area contributed by atoms with E-state index in [1.165, 1.54) is 6.07 Å². The second-order valence-electron chi connectivity index (χ2n) is 4.20. The van der Waals surface area contributed by atoms with E-state index in [0.29, 0.717) is 16.6 Å². The first-order valence-corrected chi connectivity index (χ1v) is 6.03. The van der Waals surface area contributed by atoms with Crippen LogP contribution in [0.3, 0.4) is 0 Å². The van der Waals surface area contributed by atoms with Crippen molar-refractivity contribution in [3.63, 3.8) is 0 Å². The molecule has 0 amide bonds. The molecule has 1 heterocycles. The lowest BCUT2D eigenvalue weighted by Crippen LogP contribution is -2.31. The highest BCUT2D eigenvalue weighted by atomic mass is 35.5. The summed E-state index contributed by atoms with van der Waals surface area (Å²) in [6, 6.07) is 4.74. The molecular formula is C12H16ClFN2. The van der Waals surface area contributed by atoms with Crippen molar-refractivity contribution in [1.29, 1.82) is 0 Å². The lowest BCUT2D eigenvalue weighted by Gasteiger charge is -2.23. The Kier molecular flexibility index (Phi) is 4.02. The Bertz CT molecular complexity index is 351. The number of benzene rings is 1. The summed E-state index contributed by atoms with van der Waals surface area (Å²) >= 11 is 5.69. The number of halogens is 2. The monoisotopic (exact) mass is 242 g/mol. The van der Waals surface area contributed by atoms with Gasteiger partial charge in [-0.3, -0.25) is 0 Å². The lowest BCUT2D eigenvalue weighted by molar-refractivity contribution is 0.389. The third-order valence-corrected chi connectivity index (χ3v) is 3.21. The molecule has 0 aliphatic carbocycles. The predicted molar refractivity (Wildman–Crippen MR) is 65.5 cm³/mol. The molecule has 2 rings (SSSR count). The molecule has 0 spiro atoms. The summed E-state index contributed by atoms with van der Waals surface area (Å²) in [5.41, 5.74) is 0.544. The maximum atomic E-state index is 13.4. The van der Waals surface area contributed by atoms with E-state index < -0.39 is 0 Å². The fourth-order valence-electron chi connectivity index (χ4n) is 1.97. The van der Waals surface area contributed by atoms with Crippen molar-refractivity contribution in [3.05, 3.63) is 29.0 Å². The van der Waals surface area contributed by atoms with Gasteiger partial charge in [0.25, 0.3) is 0 Å². The molecule has 0 unspecified atom stereocenters. The molecule has 1 aliphatic rings. The summed E-state index contributed by atoms with van der Waals surface area (Å²) < 4.78 is 13.4. The predicted octanol–water partition coefficient (Wildman–Crippen LogP) is 2.89. The van der Waals surface area contributed by atoms with Crippen molar-refractivity contribution in [3.8, 4) is 0 Å². The highest BCUT2D eigenvalue weighted by Gasteiger charge is 2.13. The van der Waals surface area contributed by atoms with E-state index in [2.05, 4.69) is 10.6 Å². The van der Waals surface area contributed by atoms with Crippen LogP contribution in [0.15, 0.2) is 18.2 Å². The zero-order valence-corrected chi connectivity index (χ0v) is 9.86. The van der Waals surface area contributed by atoms with Crippen molar-refractivity contribution < 1.29 is 4.39 Å². The van der Waals surface area contributed by atoms with E-state index in [4.69, 9.17) is 11.6 Å². The molecule has 88 valence electrons. The minimum absolute atomic E-state index is 0.276. The highest BCUT2D eigenvalue weighted by molar-refractivity contribution is 6.30. The second-order valence-corrected chi connectivity index (χ2v) is 4.63. The molecule has 2 N–H and O–H groups in total. The minimum atomic E-state index is -0.276. The Morgan fingerprint density at radius 2 is 2.12 bits per heavy atom. The van der Waals surface area contributed by atoms with Crippen molar-refractivity contribution in [2.24, 2.45) is 5.92 Å². The van der Waals surface area contributed by atoms with Crippen LogP contribution in [0.5, 0.6) is 0 Å². The van der Waals surface area contributed by atoms with E-state index >= 15 is 0 Å². The van der Waals surface area contributed by atoms with Crippen LogP contribution < -0.4 is 10.6 Å². The first-order valence-electron chi connectivity index (χ1n) is 5.65. The molecule has 16 heavy (non-hydrogen) atoms. The van der Waals surface area contributed by atoms with Crippen LogP contribution >= 0.6 is 11.6 Å². The van der Waals surface area contributed by atoms with Gasteiger partial charge in [-0.15, -0.1) is 0 Å². The Morgan fingerprint density at radius 3 is 2.81 bits per heavy atom. The van der Waals surface area contributed by atoms with E-state index in [1.807, 2.05) is 0 Å². The van der Waals surface area contributed by atoms with E-state index in [9.17, 15) is 4.39 Å². The molecule has 0 saturated carbocycles. The van der Waals surface area contributed by atoms with Gasteiger partial charge >= 0.3 is 0 Å². The fraction of sp³-hybridized carbons (Fsp3) is 0.500. The lowest BCUT2D eigenvalue weighted by atomic mass is 9.98. The van der Waals surface area contributed by atoms with Crippen molar-refractivity contribution >= 4 is 17.3 Å². The standard InChI is InChI=1S/C12H16ClFN2/c13-10-1-2-12(11(14)7-10)16-8-9-3-5-15-6-4-9/h1-2,7,9,15-16H,3-6,8H2. The summed E-state index contributed by atoms with van der Waals surface area (Å²) in [4.78, 5) is 0. The number of hydrogen-bond donors (Lipinski definition) is 2. The molecule has 0 bridgehead atoms. The van der Waals surface area contributed by atoms with Gasteiger partial charge in [-0.1, -0.05) is 11.6 Å². The Labute approximate surface area is 100 Å². The van der Waals surface area contributed by atoms with Gasteiger partial charge in [0.2, 0.25) is 0 Å². The number of rotatable bonds is 3. The summed E-state index contributed by atoms with van der Waals surface area (Å²) in [6.07, 6.45) is 2.31. The zero-order chi connectivity index (χ0) is 11.4. The van der Waals surface area contributed by atoms with Crippen molar-refractivity contribution in [2.45, 2.75) is 12.8 Å². The maximum Gasteiger partial charge on any atom is 0.147 e. The quantitative estimate of drug-likeness (QED) is 0.852. The van der Waals surface area contributed by atoms with Crippen molar-refractivity contribution in [1.82, 2.24) is 5.32 Å². The second kappa shape index (κ2) is 5.51.